The van der Waals surface area contributed by atoms with Gasteiger partial charge >= 0.3 is 0 Å². The van der Waals surface area contributed by atoms with Crippen LogP contribution in [0.15, 0.2) is 58.0 Å². The largest absolute Gasteiger partial charge is 0.486 e. The fourth-order valence-electron chi connectivity index (χ4n) is 3.01. The molecule has 0 atom stereocenters. The zero-order valence-electron chi connectivity index (χ0n) is 16.0. The molecule has 0 fully saturated rings. The molecule has 152 valence electrons. The molecule has 30 heavy (non-hydrogen) atoms. The summed E-state index contributed by atoms with van der Waals surface area (Å²) < 4.78 is 16.6. The van der Waals surface area contributed by atoms with Gasteiger partial charge in [-0.15, -0.1) is 0 Å². The number of nitro benzene ring substituents is 1. The standard InChI is InChI=1S/C21H17N3O6/c1-13-10-15(24(26)27)3-5-17(13)18-7-4-16(30-18)12-22-23-21(25)14-2-6-19-20(11-14)29-9-8-28-19/h2-7,10-12H,8-9H2,1H3,(H,23,25). The Morgan fingerprint density at radius 1 is 1.10 bits per heavy atom. The smallest absolute Gasteiger partial charge is 0.271 e. The van der Waals surface area contributed by atoms with Gasteiger partial charge in [-0.25, -0.2) is 5.43 Å². The molecule has 1 amide bonds. The number of hydrazone groups is 1. The van der Waals surface area contributed by atoms with E-state index in [0.29, 0.717) is 47.4 Å². The van der Waals surface area contributed by atoms with Gasteiger partial charge in [-0.2, -0.15) is 5.10 Å². The van der Waals surface area contributed by atoms with Crippen LogP contribution in [0.25, 0.3) is 11.3 Å². The van der Waals surface area contributed by atoms with Gasteiger partial charge in [0.2, 0.25) is 0 Å². The number of aryl methyl sites for hydroxylation is 1. The minimum atomic E-state index is -0.443. The summed E-state index contributed by atoms with van der Waals surface area (Å²) in [6, 6.07) is 12.9. The van der Waals surface area contributed by atoms with Gasteiger partial charge in [-0.1, -0.05) is 0 Å². The third-order valence-corrected chi connectivity index (χ3v) is 4.48. The molecule has 3 aromatic rings. The number of carbonyl (C=O) groups is 1. The van der Waals surface area contributed by atoms with E-state index in [2.05, 4.69) is 10.5 Å². The van der Waals surface area contributed by atoms with Gasteiger partial charge in [0.25, 0.3) is 11.6 Å². The van der Waals surface area contributed by atoms with E-state index in [0.717, 1.165) is 5.56 Å². The van der Waals surface area contributed by atoms with Crippen molar-refractivity contribution in [1.29, 1.82) is 0 Å². The molecular weight excluding hydrogens is 390 g/mol. The van der Waals surface area contributed by atoms with Crippen LogP contribution in [0, 0.1) is 17.0 Å². The van der Waals surface area contributed by atoms with Crippen LogP contribution in [0.1, 0.15) is 21.7 Å². The Labute approximate surface area is 171 Å². The molecular formula is C21H17N3O6. The van der Waals surface area contributed by atoms with Gasteiger partial charge in [-0.3, -0.25) is 14.9 Å². The molecule has 0 spiro atoms. The summed E-state index contributed by atoms with van der Waals surface area (Å²) in [4.78, 5) is 22.7. The molecule has 0 aliphatic carbocycles. The van der Waals surface area contributed by atoms with Gasteiger partial charge in [0.15, 0.2) is 11.5 Å². The molecule has 0 radical (unpaired) electrons. The molecule has 4 rings (SSSR count). The molecule has 2 aromatic carbocycles. The SMILES string of the molecule is Cc1cc([N+](=O)[O-])ccc1-c1ccc(C=NNC(=O)c2ccc3c(c2)OCCO3)o1. The van der Waals surface area contributed by atoms with Crippen molar-refractivity contribution in [2.45, 2.75) is 6.92 Å². The number of nitrogens with zero attached hydrogens (tertiary/aromatic N) is 2. The first-order chi connectivity index (χ1) is 14.5. The van der Waals surface area contributed by atoms with Crippen molar-refractivity contribution >= 4 is 17.8 Å². The highest BCUT2D eigenvalue weighted by molar-refractivity contribution is 5.95. The van der Waals surface area contributed by atoms with Crippen LogP contribution in [-0.2, 0) is 0 Å². The predicted octanol–water partition coefficient (Wildman–Crippen LogP) is 3.70. The molecule has 1 aromatic heterocycles. The molecule has 9 heteroatoms. The van der Waals surface area contributed by atoms with E-state index in [1.54, 1.807) is 43.3 Å². The second-order valence-electron chi connectivity index (χ2n) is 6.52. The monoisotopic (exact) mass is 407 g/mol. The van der Waals surface area contributed by atoms with Gasteiger partial charge in [0.1, 0.15) is 24.7 Å². The van der Waals surface area contributed by atoms with Crippen LogP contribution >= 0.6 is 0 Å². The number of non-ortho nitro benzene ring substituents is 1. The number of ether oxygens (including phenoxy) is 2. The lowest BCUT2D eigenvalue weighted by Gasteiger charge is -2.18. The number of furan rings is 1. The first-order valence-corrected chi connectivity index (χ1v) is 9.09. The Morgan fingerprint density at radius 2 is 1.90 bits per heavy atom. The molecule has 0 saturated carbocycles. The van der Waals surface area contributed by atoms with Crippen molar-refractivity contribution in [2.24, 2.45) is 5.10 Å². The number of nitro groups is 1. The summed E-state index contributed by atoms with van der Waals surface area (Å²) in [7, 11) is 0. The van der Waals surface area contributed by atoms with Gasteiger partial charge < -0.3 is 13.9 Å². The minimum Gasteiger partial charge on any atom is -0.486 e. The Kier molecular flexibility index (Phi) is 5.17. The summed E-state index contributed by atoms with van der Waals surface area (Å²) in [5, 5.41) is 14.8. The van der Waals surface area contributed by atoms with Gasteiger partial charge in [0, 0.05) is 23.3 Å². The maximum absolute atomic E-state index is 12.3. The maximum atomic E-state index is 12.3. The van der Waals surface area contributed by atoms with E-state index in [1.807, 2.05) is 0 Å². The summed E-state index contributed by atoms with van der Waals surface area (Å²) in [5.74, 6) is 1.69. The number of benzene rings is 2. The van der Waals surface area contributed by atoms with Crippen molar-refractivity contribution in [1.82, 2.24) is 5.43 Å². The zero-order chi connectivity index (χ0) is 21.1. The van der Waals surface area contributed by atoms with Crippen molar-refractivity contribution in [3.63, 3.8) is 0 Å². The topological polar surface area (TPSA) is 116 Å². The highest BCUT2D eigenvalue weighted by atomic mass is 16.6. The van der Waals surface area contributed by atoms with Crippen LogP contribution in [0.4, 0.5) is 5.69 Å². The van der Waals surface area contributed by atoms with E-state index >= 15 is 0 Å². The van der Waals surface area contributed by atoms with E-state index in [1.165, 1.54) is 18.3 Å². The second kappa shape index (κ2) is 8.08. The van der Waals surface area contributed by atoms with E-state index < -0.39 is 10.8 Å². The normalized spacial score (nSPS) is 12.7. The first kappa shape index (κ1) is 19.2. The predicted molar refractivity (Wildman–Crippen MR) is 108 cm³/mol. The van der Waals surface area contributed by atoms with Gasteiger partial charge in [0.05, 0.1) is 11.1 Å². The number of nitrogens with one attached hydrogen (secondary N) is 1. The lowest BCUT2D eigenvalue weighted by Crippen LogP contribution is -2.19. The Morgan fingerprint density at radius 3 is 2.67 bits per heavy atom. The maximum Gasteiger partial charge on any atom is 0.271 e. The minimum absolute atomic E-state index is 0.0199. The molecule has 0 unspecified atom stereocenters. The van der Waals surface area contributed by atoms with Crippen molar-refractivity contribution in [3.05, 3.63) is 75.5 Å². The molecule has 1 aliphatic rings. The number of hydrogen-bond donors (Lipinski definition) is 1. The third kappa shape index (κ3) is 4.00. The van der Waals surface area contributed by atoms with Crippen LogP contribution in [0.3, 0.4) is 0 Å². The number of hydrogen-bond acceptors (Lipinski definition) is 7. The summed E-state index contributed by atoms with van der Waals surface area (Å²) >= 11 is 0. The molecule has 1 N–H and O–H groups in total. The van der Waals surface area contributed by atoms with Crippen molar-refractivity contribution < 1.29 is 23.6 Å². The Bertz CT molecular complexity index is 1150. The number of fused-ring (bicyclic) bond motifs is 1. The summed E-state index contributed by atoms with van der Waals surface area (Å²) in [6.07, 6.45) is 1.38. The average Bonchev–Trinajstić information content (AvgIpc) is 3.21. The third-order valence-electron chi connectivity index (χ3n) is 4.48. The van der Waals surface area contributed by atoms with Crippen LogP contribution < -0.4 is 14.9 Å². The Balaban J connectivity index is 1.42. The second-order valence-corrected chi connectivity index (χ2v) is 6.52. The van der Waals surface area contributed by atoms with Crippen LogP contribution in [-0.4, -0.2) is 30.3 Å². The quantitative estimate of drug-likeness (QED) is 0.392. The van der Waals surface area contributed by atoms with E-state index in [-0.39, 0.29) is 5.69 Å². The molecule has 9 nitrogen and oxygen atoms in total. The fourth-order valence-corrected chi connectivity index (χ4v) is 3.01. The Hall–Kier alpha value is -4.14. The number of rotatable bonds is 5. The van der Waals surface area contributed by atoms with E-state index in [4.69, 9.17) is 13.9 Å². The van der Waals surface area contributed by atoms with Gasteiger partial charge in [-0.05, 0) is 48.9 Å². The van der Waals surface area contributed by atoms with Crippen LogP contribution in [0.5, 0.6) is 11.5 Å². The van der Waals surface area contributed by atoms with Crippen LogP contribution in [0.2, 0.25) is 0 Å². The molecule has 0 saturated heterocycles. The summed E-state index contributed by atoms with van der Waals surface area (Å²) in [6.45, 7) is 2.69. The summed E-state index contributed by atoms with van der Waals surface area (Å²) in [5.41, 5.74) is 4.29. The molecule has 1 aliphatic heterocycles. The number of amides is 1. The highest BCUT2D eigenvalue weighted by Crippen LogP contribution is 2.31. The molecule has 2 heterocycles. The fraction of sp³-hybridized carbons (Fsp3) is 0.143. The average molecular weight is 407 g/mol. The zero-order valence-corrected chi connectivity index (χ0v) is 16.0. The van der Waals surface area contributed by atoms with E-state index in [9.17, 15) is 14.9 Å². The van der Waals surface area contributed by atoms with Crippen molar-refractivity contribution in [2.75, 3.05) is 13.2 Å². The lowest BCUT2D eigenvalue weighted by molar-refractivity contribution is -0.384. The molecule has 0 bridgehead atoms. The number of carbonyl (C=O) groups excluding carboxylic acids is 1. The lowest BCUT2D eigenvalue weighted by atomic mass is 10.1. The van der Waals surface area contributed by atoms with Crippen molar-refractivity contribution in [3.8, 4) is 22.8 Å². The highest BCUT2D eigenvalue weighted by Gasteiger charge is 2.15. The first-order valence-electron chi connectivity index (χ1n) is 9.09.